The fourth-order valence-corrected chi connectivity index (χ4v) is 8.33. The Morgan fingerprint density at radius 3 is 1.70 bits per heavy atom. The number of anilines is 2. The monoisotopic (exact) mass is 919 g/mol. The van der Waals surface area contributed by atoms with Gasteiger partial charge in [0.25, 0.3) is 0 Å². The van der Waals surface area contributed by atoms with Crippen LogP contribution in [0.3, 0.4) is 0 Å². The van der Waals surface area contributed by atoms with Crippen molar-refractivity contribution in [3.8, 4) is 28.3 Å². The molecule has 0 radical (unpaired) electrons. The zero-order chi connectivity index (χ0) is 43.2. The number of nitrogens with zero attached hydrogens (tertiary/aromatic N) is 15. The highest BCUT2D eigenvalue weighted by molar-refractivity contribution is 9.10. The van der Waals surface area contributed by atoms with Crippen molar-refractivity contribution in [2.75, 3.05) is 30.0 Å². The van der Waals surface area contributed by atoms with Crippen LogP contribution in [-0.2, 0) is 0 Å². The van der Waals surface area contributed by atoms with E-state index < -0.39 is 29.6 Å². The molecule has 11 heterocycles. The van der Waals surface area contributed by atoms with E-state index in [9.17, 15) is 17.6 Å². The van der Waals surface area contributed by atoms with Crippen LogP contribution >= 0.6 is 15.9 Å². The minimum absolute atomic E-state index is 0.0986. The van der Waals surface area contributed by atoms with Crippen LogP contribution in [0, 0.1) is 23.5 Å². The van der Waals surface area contributed by atoms with E-state index in [1.165, 1.54) is 0 Å². The first-order valence-corrected chi connectivity index (χ1v) is 20.6. The summed E-state index contributed by atoms with van der Waals surface area (Å²) in [6, 6.07) is 9.05. The summed E-state index contributed by atoms with van der Waals surface area (Å²) in [6.07, 6.45) is 20.4. The SMILES string of the molecule is COc1cncc(-c2cnn(-c3cnn4ccc(N5CCC[C@@H]5c5nc(F)ccc5F)nc34)c2)c1.Fc1ccc(F)c([C@H]2CCCN2c2ccn3ncc(-n4cc(Br)cn4)c3n2)n1. The Balaban J connectivity index is 0.000000153. The van der Waals surface area contributed by atoms with Crippen LogP contribution in [0.2, 0.25) is 0 Å². The number of halogens is 5. The minimum Gasteiger partial charge on any atom is -0.495 e. The molecule has 11 rings (SSSR count). The summed E-state index contributed by atoms with van der Waals surface area (Å²) in [4.78, 5) is 25.3. The number of rotatable bonds is 8. The predicted octanol–water partition coefficient (Wildman–Crippen LogP) is 7.69. The lowest BCUT2D eigenvalue weighted by Gasteiger charge is -2.25. The largest absolute Gasteiger partial charge is 0.495 e. The molecule has 0 amide bonds. The molecule has 0 N–H and O–H groups in total. The molecule has 9 aromatic heterocycles. The second kappa shape index (κ2) is 16.5. The van der Waals surface area contributed by atoms with Crippen LogP contribution in [0.15, 0.2) is 109 Å². The van der Waals surface area contributed by atoms with E-state index in [0.29, 0.717) is 60.3 Å². The third-order valence-electron chi connectivity index (χ3n) is 11.0. The Hall–Kier alpha value is -7.29. The normalized spacial score (nSPS) is 16.3. The summed E-state index contributed by atoms with van der Waals surface area (Å²) in [7, 11) is 1.59. The summed E-state index contributed by atoms with van der Waals surface area (Å²) in [5.74, 6) is -0.465. The van der Waals surface area contributed by atoms with Gasteiger partial charge in [-0.3, -0.25) is 4.98 Å². The van der Waals surface area contributed by atoms with Gasteiger partial charge in [0, 0.05) is 55.2 Å². The molecule has 2 aliphatic heterocycles. The Morgan fingerprint density at radius 1 is 0.603 bits per heavy atom. The lowest BCUT2D eigenvalue weighted by molar-refractivity contribution is 0.413. The summed E-state index contributed by atoms with van der Waals surface area (Å²) in [6.45, 7) is 1.34. The molecule has 2 atom stereocenters. The molecule has 0 aliphatic carbocycles. The topological polar surface area (TPSA) is 150 Å². The molecule has 0 bridgehead atoms. The van der Waals surface area contributed by atoms with Gasteiger partial charge in [0.05, 0.1) is 54.7 Å². The van der Waals surface area contributed by atoms with Gasteiger partial charge in [-0.1, -0.05) is 0 Å². The molecule has 0 saturated carbocycles. The van der Waals surface area contributed by atoms with E-state index in [0.717, 1.165) is 58.4 Å². The molecule has 16 nitrogen and oxygen atoms in total. The smallest absolute Gasteiger partial charge is 0.213 e. The first kappa shape index (κ1) is 39.8. The molecule has 318 valence electrons. The Morgan fingerprint density at radius 2 is 1.16 bits per heavy atom. The van der Waals surface area contributed by atoms with Crippen molar-refractivity contribution in [1.82, 2.24) is 63.7 Å². The molecule has 2 fully saturated rings. The molecule has 63 heavy (non-hydrogen) atoms. The highest BCUT2D eigenvalue weighted by atomic mass is 79.9. The van der Waals surface area contributed by atoms with E-state index >= 15 is 0 Å². The molecule has 2 saturated heterocycles. The number of aromatic nitrogens is 13. The summed E-state index contributed by atoms with van der Waals surface area (Å²) in [5.41, 5.74) is 4.54. The van der Waals surface area contributed by atoms with Crippen molar-refractivity contribution in [1.29, 1.82) is 0 Å². The van der Waals surface area contributed by atoms with E-state index in [2.05, 4.69) is 51.3 Å². The van der Waals surface area contributed by atoms with Crippen LogP contribution in [-0.4, -0.2) is 83.9 Å². The molecule has 0 spiro atoms. The lowest BCUT2D eigenvalue weighted by atomic mass is 10.1. The Kier molecular flexibility index (Phi) is 10.4. The zero-order valence-electron chi connectivity index (χ0n) is 33.2. The van der Waals surface area contributed by atoms with Crippen LogP contribution in [0.1, 0.15) is 49.2 Å². The van der Waals surface area contributed by atoms with Crippen LogP contribution < -0.4 is 14.5 Å². The maximum atomic E-state index is 14.5. The van der Waals surface area contributed by atoms with E-state index in [-0.39, 0.29) is 17.4 Å². The molecule has 2 aliphatic rings. The molecular weight excluding hydrogens is 886 g/mol. The van der Waals surface area contributed by atoms with Gasteiger partial charge in [0.15, 0.2) is 11.3 Å². The van der Waals surface area contributed by atoms with Crippen molar-refractivity contribution in [2.24, 2.45) is 0 Å². The minimum atomic E-state index is -0.699. The molecule has 0 aromatic carbocycles. The molecule has 0 unspecified atom stereocenters. The number of pyridine rings is 3. The van der Waals surface area contributed by atoms with Gasteiger partial charge >= 0.3 is 0 Å². The van der Waals surface area contributed by atoms with E-state index in [1.54, 1.807) is 75.1 Å². The number of hydrogen-bond acceptors (Lipinski definition) is 12. The standard InChI is InChI=1S/C24H20F2N8O.C18H14BrF2N7/c1-35-17-9-15(10-27-12-17)16-11-28-34(14-16)20-13-29-33-8-6-22(31-24(20)33)32-7-2-3-19(32)23-18(25)4-5-21(26)30-23;19-11-8-22-28(10-11)14-9-23-27-7-5-16(25-18(14)27)26-6-1-2-13(26)17-12(20)3-4-15(21)24-17/h4-6,8-14,19H,2-3,7H2,1H3;3-5,7-10,13H,1-2,6H2/t19-;13-/m11/s1. The quantitative estimate of drug-likeness (QED) is 0.109. The van der Waals surface area contributed by atoms with Crippen LogP contribution in [0.25, 0.3) is 33.8 Å². The fraction of sp³-hybridized carbons (Fsp3) is 0.214. The summed E-state index contributed by atoms with van der Waals surface area (Å²) < 4.78 is 68.9. The van der Waals surface area contributed by atoms with Gasteiger partial charge in [-0.15, -0.1) is 0 Å². The van der Waals surface area contributed by atoms with Gasteiger partial charge in [-0.25, -0.2) is 47.1 Å². The second-order valence-electron chi connectivity index (χ2n) is 14.8. The van der Waals surface area contributed by atoms with Crippen LogP contribution in [0.5, 0.6) is 5.75 Å². The number of hydrogen-bond donors (Lipinski definition) is 0. The third-order valence-corrected chi connectivity index (χ3v) is 11.4. The van der Waals surface area contributed by atoms with Crippen molar-refractivity contribution >= 4 is 38.9 Å². The van der Waals surface area contributed by atoms with Gasteiger partial charge in [0.2, 0.25) is 11.9 Å². The molecule has 21 heteroatoms. The summed E-state index contributed by atoms with van der Waals surface area (Å²) >= 11 is 3.38. The zero-order valence-corrected chi connectivity index (χ0v) is 34.8. The van der Waals surface area contributed by atoms with Crippen molar-refractivity contribution < 1.29 is 22.3 Å². The van der Waals surface area contributed by atoms with Gasteiger partial charge < -0.3 is 14.5 Å². The van der Waals surface area contributed by atoms with Gasteiger partial charge in [0.1, 0.15) is 51.8 Å². The fourth-order valence-electron chi connectivity index (χ4n) is 8.05. The van der Waals surface area contributed by atoms with Crippen molar-refractivity contribution in [3.63, 3.8) is 0 Å². The van der Waals surface area contributed by atoms with E-state index in [1.807, 2.05) is 40.4 Å². The first-order valence-electron chi connectivity index (χ1n) is 19.8. The first-order chi connectivity index (χ1) is 30.7. The number of methoxy groups -OCH3 is 1. The highest BCUT2D eigenvalue weighted by Crippen LogP contribution is 2.37. The number of fused-ring (bicyclic) bond motifs is 2. The summed E-state index contributed by atoms with van der Waals surface area (Å²) in [5, 5.41) is 17.5. The van der Waals surface area contributed by atoms with Gasteiger partial charge in [-0.2, -0.15) is 29.2 Å². The molecule has 9 aromatic rings. The van der Waals surface area contributed by atoms with Crippen LogP contribution in [0.4, 0.5) is 29.2 Å². The molecular formula is C42H34BrF4N15O. The Bertz CT molecular complexity index is 3110. The third kappa shape index (κ3) is 7.68. The lowest BCUT2D eigenvalue weighted by Crippen LogP contribution is -2.25. The van der Waals surface area contributed by atoms with Gasteiger partial charge in [-0.05, 0) is 84.1 Å². The van der Waals surface area contributed by atoms with Crippen molar-refractivity contribution in [2.45, 2.75) is 37.8 Å². The van der Waals surface area contributed by atoms with E-state index in [4.69, 9.17) is 14.7 Å². The number of ether oxygens (including phenoxy) is 1. The maximum absolute atomic E-state index is 14.5. The predicted molar refractivity (Wildman–Crippen MR) is 225 cm³/mol. The highest BCUT2D eigenvalue weighted by Gasteiger charge is 2.33. The second-order valence-corrected chi connectivity index (χ2v) is 15.7. The maximum Gasteiger partial charge on any atom is 0.213 e. The average molecular weight is 921 g/mol. The Labute approximate surface area is 363 Å². The average Bonchev–Trinajstić information content (AvgIpc) is 4.16. The van der Waals surface area contributed by atoms with Crippen molar-refractivity contribution in [3.05, 3.63) is 144 Å².